The summed E-state index contributed by atoms with van der Waals surface area (Å²) in [5, 5.41) is 18.4. The third-order valence-electron chi connectivity index (χ3n) is 6.47. The van der Waals surface area contributed by atoms with Crippen molar-refractivity contribution in [2.24, 2.45) is 12.8 Å². The van der Waals surface area contributed by atoms with Gasteiger partial charge in [0.05, 0.1) is 35.3 Å². The number of benzene rings is 1. The highest BCUT2D eigenvalue weighted by Gasteiger charge is 2.43. The van der Waals surface area contributed by atoms with E-state index in [0.29, 0.717) is 37.1 Å². The Morgan fingerprint density at radius 2 is 2.03 bits per heavy atom. The highest BCUT2D eigenvalue weighted by molar-refractivity contribution is 7.13. The van der Waals surface area contributed by atoms with Gasteiger partial charge in [-0.15, -0.1) is 11.3 Å². The normalized spacial score (nSPS) is 23.7. The zero-order chi connectivity index (χ0) is 24.9. The molecule has 0 radical (unpaired) electrons. The number of aryl methyl sites for hydroxylation is 1. The second kappa shape index (κ2) is 9.01. The molecule has 1 aliphatic carbocycles. The summed E-state index contributed by atoms with van der Waals surface area (Å²) in [6.07, 6.45) is 1.43. The van der Waals surface area contributed by atoms with Gasteiger partial charge in [-0.3, -0.25) is 9.48 Å². The lowest BCUT2D eigenvalue weighted by Crippen LogP contribution is -2.32. The average Bonchev–Trinajstić information content (AvgIpc) is 3.27. The van der Waals surface area contributed by atoms with Gasteiger partial charge in [0.1, 0.15) is 34.6 Å². The molecule has 1 saturated carbocycles. The summed E-state index contributed by atoms with van der Waals surface area (Å²) in [7, 11) is 1.68. The maximum Gasteiger partial charge on any atom is 0.275 e. The van der Waals surface area contributed by atoms with Gasteiger partial charge in [-0.25, -0.2) is 18.2 Å². The van der Waals surface area contributed by atoms with Crippen molar-refractivity contribution in [3.63, 3.8) is 0 Å². The van der Waals surface area contributed by atoms with Gasteiger partial charge in [-0.05, 0) is 43.4 Å². The Bertz CT molecular complexity index is 1240. The fraction of sp³-hybridized carbons (Fsp3) is 0.435. The van der Waals surface area contributed by atoms with E-state index in [4.69, 9.17) is 10.5 Å². The number of alkyl halides is 1. The van der Waals surface area contributed by atoms with E-state index >= 15 is 0 Å². The Morgan fingerprint density at radius 1 is 1.31 bits per heavy atom. The van der Waals surface area contributed by atoms with Crippen LogP contribution in [-0.2, 0) is 17.4 Å². The summed E-state index contributed by atoms with van der Waals surface area (Å²) < 4.78 is 50.6. The van der Waals surface area contributed by atoms with E-state index in [1.54, 1.807) is 7.05 Å². The molecule has 0 bridgehead atoms. The SMILES string of the molecule is Cn1ncc(NC(=O)c2csc(-c3c(F)cc(C4(O)CC4)cc3F)n2)c1[C@@H]1CC[C@@H](N)[C@H](F)CO1. The smallest absolute Gasteiger partial charge is 0.275 e. The number of aliphatic hydroxyl groups is 1. The standard InChI is InChI=1S/C23H24F3N5O3S/c1-31-20(18-3-2-15(27)14(26)9-34-18)16(8-28-31)29-21(32)17-10-35-22(30-17)19-12(24)6-11(7-13(19)25)23(33)4-5-23/h6-8,10,14-15,18,33H,2-5,9,27H2,1H3,(H,29,32)/t14-,15-,18+/m1/s1. The van der Waals surface area contributed by atoms with E-state index < -0.39 is 41.5 Å². The number of amides is 1. The summed E-state index contributed by atoms with van der Waals surface area (Å²) in [4.78, 5) is 17.0. The minimum Gasteiger partial charge on any atom is -0.385 e. The van der Waals surface area contributed by atoms with Gasteiger partial charge < -0.3 is 20.9 Å². The molecule has 0 spiro atoms. The van der Waals surface area contributed by atoms with Gasteiger partial charge in [0.25, 0.3) is 5.91 Å². The Morgan fingerprint density at radius 3 is 2.71 bits per heavy atom. The van der Waals surface area contributed by atoms with Crippen LogP contribution in [0.25, 0.3) is 10.6 Å². The first-order chi connectivity index (χ1) is 16.7. The molecule has 0 unspecified atom stereocenters. The number of nitrogens with one attached hydrogen (secondary N) is 1. The van der Waals surface area contributed by atoms with Crippen LogP contribution in [0.1, 0.15) is 53.5 Å². The number of anilines is 1. The number of ether oxygens (including phenoxy) is 1. The number of nitrogens with two attached hydrogens (primary N) is 1. The highest BCUT2D eigenvalue weighted by Crippen LogP contribution is 2.46. The third kappa shape index (κ3) is 4.58. The van der Waals surface area contributed by atoms with Crippen LogP contribution >= 0.6 is 11.3 Å². The lowest BCUT2D eigenvalue weighted by Gasteiger charge is -2.17. The second-order valence-electron chi connectivity index (χ2n) is 8.98. The molecule has 186 valence electrons. The Kier molecular flexibility index (Phi) is 6.16. The number of hydrogen-bond acceptors (Lipinski definition) is 7. The molecular formula is C23H24F3N5O3S. The van der Waals surface area contributed by atoms with Crippen LogP contribution in [0.15, 0.2) is 23.7 Å². The molecular weight excluding hydrogens is 483 g/mol. The molecule has 1 amide bonds. The maximum absolute atomic E-state index is 14.7. The van der Waals surface area contributed by atoms with Crippen LogP contribution in [0.4, 0.5) is 18.9 Å². The topological polar surface area (TPSA) is 115 Å². The predicted molar refractivity (Wildman–Crippen MR) is 123 cm³/mol. The number of carbonyl (C=O) groups excluding carboxylic acids is 1. The fourth-order valence-corrected chi connectivity index (χ4v) is 5.06. The summed E-state index contributed by atoms with van der Waals surface area (Å²) in [6, 6.07) is 1.59. The Hall–Kier alpha value is -2.80. The van der Waals surface area contributed by atoms with E-state index in [1.807, 2.05) is 0 Å². The first-order valence-electron chi connectivity index (χ1n) is 11.2. The molecule has 2 aliphatic rings. The fourth-order valence-electron chi connectivity index (χ4n) is 4.21. The van der Waals surface area contributed by atoms with E-state index in [9.17, 15) is 23.1 Å². The van der Waals surface area contributed by atoms with Gasteiger partial charge in [0.2, 0.25) is 0 Å². The first kappa shape index (κ1) is 23.9. The monoisotopic (exact) mass is 507 g/mol. The van der Waals surface area contributed by atoms with Crippen LogP contribution in [0, 0.1) is 11.6 Å². The van der Waals surface area contributed by atoms with Crippen LogP contribution in [0.3, 0.4) is 0 Å². The van der Waals surface area contributed by atoms with Crippen molar-refractivity contribution in [3.8, 4) is 10.6 Å². The second-order valence-corrected chi connectivity index (χ2v) is 9.84. The van der Waals surface area contributed by atoms with Gasteiger partial charge in [-0.1, -0.05) is 0 Å². The molecule has 2 fully saturated rings. The Balaban J connectivity index is 1.35. The molecule has 1 aromatic carbocycles. The predicted octanol–water partition coefficient (Wildman–Crippen LogP) is 3.57. The molecule has 3 aromatic rings. The lowest BCUT2D eigenvalue weighted by atomic mass is 10.0. The molecule has 4 N–H and O–H groups in total. The van der Waals surface area contributed by atoms with E-state index in [2.05, 4.69) is 15.4 Å². The van der Waals surface area contributed by atoms with Crippen LogP contribution in [0.5, 0.6) is 0 Å². The van der Waals surface area contributed by atoms with Gasteiger partial charge in [0.15, 0.2) is 0 Å². The zero-order valence-electron chi connectivity index (χ0n) is 18.8. The number of carbonyl (C=O) groups is 1. The van der Waals surface area contributed by atoms with Gasteiger partial charge in [0, 0.05) is 18.5 Å². The summed E-state index contributed by atoms with van der Waals surface area (Å²) in [5.41, 5.74) is 5.36. The molecule has 1 saturated heterocycles. The van der Waals surface area contributed by atoms with Crippen LogP contribution in [0.2, 0.25) is 0 Å². The van der Waals surface area contributed by atoms with Crippen LogP contribution < -0.4 is 11.1 Å². The van der Waals surface area contributed by atoms with Crippen molar-refractivity contribution in [3.05, 3.63) is 52.3 Å². The zero-order valence-corrected chi connectivity index (χ0v) is 19.6. The average molecular weight is 508 g/mol. The molecule has 1 aliphatic heterocycles. The minimum atomic E-state index is -1.28. The minimum absolute atomic E-state index is 0.000901. The van der Waals surface area contributed by atoms with E-state index in [-0.39, 0.29) is 28.4 Å². The van der Waals surface area contributed by atoms with E-state index in [1.165, 1.54) is 16.3 Å². The van der Waals surface area contributed by atoms with Crippen molar-refractivity contribution in [2.45, 2.75) is 49.6 Å². The number of halogens is 3. The number of aromatic nitrogens is 3. The summed E-state index contributed by atoms with van der Waals surface area (Å²) in [6.45, 7) is -0.160. The lowest BCUT2D eigenvalue weighted by molar-refractivity contribution is 0.0247. The maximum atomic E-state index is 14.7. The molecule has 3 atom stereocenters. The summed E-state index contributed by atoms with van der Waals surface area (Å²) >= 11 is 0.924. The molecule has 12 heteroatoms. The van der Waals surface area contributed by atoms with Crippen molar-refractivity contribution in [1.29, 1.82) is 0 Å². The summed E-state index contributed by atoms with van der Waals surface area (Å²) in [5.74, 6) is -2.31. The van der Waals surface area contributed by atoms with E-state index in [0.717, 1.165) is 23.5 Å². The molecule has 3 heterocycles. The number of rotatable bonds is 5. The van der Waals surface area contributed by atoms with Gasteiger partial charge >= 0.3 is 0 Å². The largest absolute Gasteiger partial charge is 0.385 e. The molecule has 8 nitrogen and oxygen atoms in total. The number of thiazole rings is 1. The Labute approximate surface area is 202 Å². The van der Waals surface area contributed by atoms with Crippen molar-refractivity contribution in [2.75, 3.05) is 11.9 Å². The van der Waals surface area contributed by atoms with Crippen molar-refractivity contribution < 1.29 is 27.8 Å². The quantitative estimate of drug-likeness (QED) is 0.486. The third-order valence-corrected chi connectivity index (χ3v) is 7.33. The van der Waals surface area contributed by atoms with Crippen molar-refractivity contribution in [1.82, 2.24) is 14.8 Å². The number of hydrogen-bond donors (Lipinski definition) is 3. The molecule has 35 heavy (non-hydrogen) atoms. The number of nitrogens with zero attached hydrogens (tertiary/aromatic N) is 3. The molecule has 5 rings (SSSR count). The molecule has 2 aromatic heterocycles. The van der Waals surface area contributed by atoms with Gasteiger partial charge in [-0.2, -0.15) is 5.10 Å². The van der Waals surface area contributed by atoms with Crippen LogP contribution in [-0.4, -0.2) is 44.6 Å². The highest BCUT2D eigenvalue weighted by atomic mass is 32.1. The van der Waals surface area contributed by atoms with Crippen molar-refractivity contribution >= 4 is 22.9 Å². The first-order valence-corrected chi connectivity index (χ1v) is 12.1.